The topological polar surface area (TPSA) is 51.1 Å². The van der Waals surface area contributed by atoms with E-state index in [-0.39, 0.29) is 12.7 Å². The molecule has 7 heteroatoms. The van der Waals surface area contributed by atoms with Gasteiger partial charge in [-0.3, -0.25) is 9.69 Å². The molecule has 1 fully saturated rings. The lowest BCUT2D eigenvalue weighted by molar-refractivity contribution is -0.113. The van der Waals surface area contributed by atoms with E-state index in [1.807, 2.05) is 42.5 Å². The number of carbonyl (C=O) groups excluding carboxylic acids is 1. The number of thioether (sulfide) groups is 1. The van der Waals surface area contributed by atoms with Gasteiger partial charge in [0.2, 0.25) is 6.79 Å². The summed E-state index contributed by atoms with van der Waals surface area (Å²) in [5, 5.41) is 1.11. The van der Waals surface area contributed by atoms with Gasteiger partial charge in [0.1, 0.15) is 0 Å². The number of rotatable bonds is 5. The number of fused-ring (bicyclic) bond motifs is 1. The molecule has 0 saturated carbocycles. The van der Waals surface area contributed by atoms with Gasteiger partial charge in [0.25, 0.3) is 5.91 Å². The third kappa shape index (κ3) is 4.19. The molecule has 34 heavy (non-hydrogen) atoms. The average Bonchev–Trinajstić information content (AvgIpc) is 3.43. The van der Waals surface area contributed by atoms with E-state index in [0.29, 0.717) is 32.2 Å². The molecule has 0 aromatic heterocycles. The first-order valence-electron chi connectivity index (χ1n) is 11.2. The summed E-state index contributed by atoms with van der Waals surface area (Å²) in [5.41, 5.74) is 4.61. The third-order valence-corrected chi connectivity index (χ3v) is 7.08. The maximum Gasteiger partial charge on any atom is 0.271 e. The second-order valence-electron chi connectivity index (χ2n) is 7.84. The Bertz CT molecular complexity index is 1340. The molecule has 1 saturated heterocycles. The van der Waals surface area contributed by atoms with Crippen molar-refractivity contribution in [1.29, 1.82) is 0 Å². The van der Waals surface area contributed by atoms with Crippen LogP contribution in [0.5, 0.6) is 11.5 Å². The third-order valence-electron chi connectivity index (χ3n) is 5.79. The number of benzene rings is 3. The fourth-order valence-electron chi connectivity index (χ4n) is 4.00. The first-order chi connectivity index (χ1) is 16.6. The normalized spacial score (nSPS) is 17.3. The fraction of sp³-hybridized carbons (Fsp3) is 0.185. The lowest BCUT2D eigenvalue weighted by atomic mass is 10.1. The minimum Gasteiger partial charge on any atom is -0.454 e. The monoisotopic (exact) mass is 490 g/mol. The lowest BCUT2D eigenvalue weighted by Crippen LogP contribution is -2.29. The van der Waals surface area contributed by atoms with Crippen molar-refractivity contribution in [2.75, 3.05) is 11.7 Å². The van der Waals surface area contributed by atoms with Gasteiger partial charge in [-0.05, 0) is 65.6 Å². The summed E-state index contributed by atoms with van der Waals surface area (Å²) in [6, 6.07) is 19.5. The van der Waals surface area contributed by atoms with Crippen LogP contribution < -0.4 is 14.4 Å². The highest BCUT2D eigenvalue weighted by Gasteiger charge is 2.36. The molecule has 0 aliphatic carbocycles. The molecule has 3 aromatic rings. The van der Waals surface area contributed by atoms with Crippen molar-refractivity contribution in [2.45, 2.75) is 26.7 Å². The molecule has 0 radical (unpaired) electrons. The summed E-state index contributed by atoms with van der Waals surface area (Å²) in [6.07, 6.45) is 3.45. The first kappa shape index (κ1) is 22.6. The van der Waals surface area contributed by atoms with E-state index in [1.54, 1.807) is 23.1 Å². The van der Waals surface area contributed by atoms with Crippen LogP contribution in [0.1, 0.15) is 30.5 Å². The molecule has 172 valence electrons. The summed E-state index contributed by atoms with van der Waals surface area (Å²) in [5.74, 6) is 1.09. The quantitative estimate of drug-likeness (QED) is 0.361. The van der Waals surface area contributed by atoms with E-state index in [9.17, 15) is 4.79 Å². The van der Waals surface area contributed by atoms with E-state index in [2.05, 4.69) is 19.9 Å². The maximum absolute atomic E-state index is 13.7. The van der Waals surface area contributed by atoms with Gasteiger partial charge in [0, 0.05) is 6.07 Å². The highest BCUT2D eigenvalue weighted by Crippen LogP contribution is 2.42. The number of aryl methyl sites for hydroxylation is 2. The van der Waals surface area contributed by atoms with Gasteiger partial charge in [-0.1, -0.05) is 61.8 Å². The molecule has 5 nitrogen and oxygen atoms in total. The van der Waals surface area contributed by atoms with Crippen LogP contribution in [0.2, 0.25) is 5.02 Å². The van der Waals surface area contributed by atoms with E-state index < -0.39 is 0 Å². The van der Waals surface area contributed by atoms with E-state index in [0.717, 1.165) is 35.3 Å². The summed E-state index contributed by atoms with van der Waals surface area (Å²) in [4.78, 5) is 20.9. The molecule has 1 amide bonds. The standard InChI is InChI=1S/C27H23ClN2O3S/c1-3-17-9-5-7-11-21(17)29-27-30(22-12-8-6-10-18(22)4-2)26(31)25(34-27)14-19-13-23-24(15-20(19)28)33-16-32-23/h5-15H,3-4,16H2,1-2H3/b25-14-,29-27?. The zero-order valence-electron chi connectivity index (χ0n) is 18.9. The molecule has 0 atom stereocenters. The lowest BCUT2D eigenvalue weighted by Gasteiger charge is -2.19. The van der Waals surface area contributed by atoms with Crippen LogP contribution in [-0.4, -0.2) is 17.9 Å². The first-order valence-corrected chi connectivity index (χ1v) is 12.4. The number of amidine groups is 1. The fourth-order valence-corrected chi connectivity index (χ4v) is 5.18. The molecular formula is C27H23ClN2O3S. The van der Waals surface area contributed by atoms with Gasteiger partial charge in [0.05, 0.1) is 21.3 Å². The Morgan fingerprint density at radius 2 is 1.68 bits per heavy atom. The highest BCUT2D eigenvalue weighted by atomic mass is 35.5. The number of carbonyl (C=O) groups is 1. The Balaban J connectivity index is 1.62. The number of amides is 1. The average molecular weight is 491 g/mol. The number of hydrogen-bond donors (Lipinski definition) is 0. The number of aliphatic imine (C=N–C) groups is 1. The number of hydrogen-bond acceptors (Lipinski definition) is 5. The molecule has 0 bridgehead atoms. The van der Waals surface area contributed by atoms with Gasteiger partial charge in [-0.2, -0.15) is 0 Å². The SMILES string of the molecule is CCc1ccccc1N=C1S/C(=C\c2cc3c(cc2Cl)OCO3)C(=O)N1c1ccccc1CC. The maximum atomic E-state index is 13.7. The molecule has 2 heterocycles. The molecule has 5 rings (SSSR count). The van der Waals surface area contributed by atoms with Crippen molar-refractivity contribution in [2.24, 2.45) is 4.99 Å². The number of para-hydroxylation sites is 2. The van der Waals surface area contributed by atoms with Gasteiger partial charge in [-0.25, -0.2) is 4.99 Å². The van der Waals surface area contributed by atoms with Crippen LogP contribution in [0.4, 0.5) is 11.4 Å². The molecule has 0 N–H and O–H groups in total. The second kappa shape index (κ2) is 9.57. The van der Waals surface area contributed by atoms with Crippen molar-refractivity contribution in [3.05, 3.63) is 87.3 Å². The second-order valence-corrected chi connectivity index (χ2v) is 9.25. The number of nitrogens with zero attached hydrogens (tertiary/aromatic N) is 2. The van der Waals surface area contributed by atoms with Crippen LogP contribution in [0, 0.1) is 0 Å². The molecule has 3 aromatic carbocycles. The Morgan fingerprint density at radius 3 is 2.44 bits per heavy atom. The van der Waals surface area contributed by atoms with E-state index >= 15 is 0 Å². The molecular weight excluding hydrogens is 468 g/mol. The van der Waals surface area contributed by atoms with Crippen LogP contribution >= 0.6 is 23.4 Å². The largest absolute Gasteiger partial charge is 0.454 e. The summed E-state index contributed by atoms with van der Waals surface area (Å²) in [6.45, 7) is 4.34. The van der Waals surface area contributed by atoms with Crippen molar-refractivity contribution >= 4 is 51.9 Å². The highest BCUT2D eigenvalue weighted by molar-refractivity contribution is 8.19. The van der Waals surface area contributed by atoms with Crippen molar-refractivity contribution in [3.63, 3.8) is 0 Å². The van der Waals surface area contributed by atoms with Crippen LogP contribution in [0.15, 0.2) is 70.6 Å². The zero-order valence-corrected chi connectivity index (χ0v) is 20.4. The predicted molar refractivity (Wildman–Crippen MR) is 139 cm³/mol. The smallest absolute Gasteiger partial charge is 0.271 e. The Hall–Kier alpha value is -3.22. The summed E-state index contributed by atoms with van der Waals surface area (Å²) >= 11 is 7.84. The number of anilines is 1. The van der Waals surface area contributed by atoms with Gasteiger partial charge in [-0.15, -0.1) is 0 Å². The summed E-state index contributed by atoms with van der Waals surface area (Å²) in [7, 11) is 0. The number of halogens is 1. The van der Waals surface area contributed by atoms with Gasteiger partial charge in [0.15, 0.2) is 16.7 Å². The minimum absolute atomic E-state index is 0.132. The molecule has 0 spiro atoms. The van der Waals surface area contributed by atoms with E-state index in [1.165, 1.54) is 11.8 Å². The van der Waals surface area contributed by atoms with Crippen molar-refractivity contribution in [3.8, 4) is 11.5 Å². The molecule has 2 aliphatic heterocycles. The van der Waals surface area contributed by atoms with Gasteiger partial charge >= 0.3 is 0 Å². The van der Waals surface area contributed by atoms with Crippen LogP contribution in [0.25, 0.3) is 6.08 Å². The van der Waals surface area contributed by atoms with Crippen molar-refractivity contribution in [1.82, 2.24) is 0 Å². The zero-order chi connectivity index (χ0) is 23.7. The Labute approximate surface area is 208 Å². The van der Waals surface area contributed by atoms with Crippen molar-refractivity contribution < 1.29 is 14.3 Å². The van der Waals surface area contributed by atoms with Crippen LogP contribution in [-0.2, 0) is 17.6 Å². The molecule has 0 unspecified atom stereocenters. The van der Waals surface area contributed by atoms with E-state index in [4.69, 9.17) is 26.1 Å². The Kier molecular flexibility index (Phi) is 6.35. The predicted octanol–water partition coefficient (Wildman–Crippen LogP) is 7.00. The Morgan fingerprint density at radius 1 is 1.00 bits per heavy atom. The summed E-state index contributed by atoms with van der Waals surface area (Å²) < 4.78 is 10.9. The minimum atomic E-state index is -0.132. The van der Waals surface area contributed by atoms with Gasteiger partial charge < -0.3 is 9.47 Å². The number of ether oxygens (including phenoxy) is 2. The van der Waals surface area contributed by atoms with Crippen LogP contribution in [0.3, 0.4) is 0 Å². The molecule has 2 aliphatic rings.